The SMILES string of the molecule is CCC(O)(CC)CNC(=O)c1ccc2cc(Br)ccc2c1. The Labute approximate surface area is 133 Å². The Morgan fingerprint density at radius 1 is 1.14 bits per heavy atom. The van der Waals surface area contributed by atoms with E-state index in [0.717, 1.165) is 15.2 Å². The molecule has 0 aliphatic heterocycles. The van der Waals surface area contributed by atoms with Gasteiger partial charge in [-0.2, -0.15) is 0 Å². The molecule has 0 atom stereocenters. The van der Waals surface area contributed by atoms with Gasteiger partial charge in [0.15, 0.2) is 0 Å². The first-order chi connectivity index (χ1) is 9.97. The van der Waals surface area contributed by atoms with Crippen molar-refractivity contribution in [2.24, 2.45) is 0 Å². The fraction of sp³-hybridized carbons (Fsp3) is 0.353. The zero-order valence-electron chi connectivity index (χ0n) is 12.3. The summed E-state index contributed by atoms with van der Waals surface area (Å²) in [5.41, 5.74) is -0.212. The molecule has 3 nitrogen and oxygen atoms in total. The topological polar surface area (TPSA) is 49.3 Å². The molecule has 0 saturated heterocycles. The van der Waals surface area contributed by atoms with Crippen LogP contribution in [0.5, 0.6) is 0 Å². The molecular formula is C17H20BrNO2. The maximum Gasteiger partial charge on any atom is 0.251 e. The number of aliphatic hydroxyl groups is 1. The van der Waals surface area contributed by atoms with E-state index in [9.17, 15) is 9.90 Å². The number of carbonyl (C=O) groups is 1. The van der Waals surface area contributed by atoms with Gasteiger partial charge in [-0.3, -0.25) is 4.79 Å². The van der Waals surface area contributed by atoms with Crippen LogP contribution in [0.15, 0.2) is 40.9 Å². The molecule has 0 radical (unpaired) electrons. The fourth-order valence-electron chi connectivity index (χ4n) is 2.20. The zero-order valence-corrected chi connectivity index (χ0v) is 13.9. The highest BCUT2D eigenvalue weighted by atomic mass is 79.9. The zero-order chi connectivity index (χ0) is 15.5. The van der Waals surface area contributed by atoms with Gasteiger partial charge in [0.25, 0.3) is 5.91 Å². The lowest BCUT2D eigenvalue weighted by Gasteiger charge is -2.25. The van der Waals surface area contributed by atoms with E-state index in [1.807, 2.05) is 44.2 Å². The van der Waals surface area contributed by atoms with Crippen LogP contribution in [0.1, 0.15) is 37.0 Å². The van der Waals surface area contributed by atoms with E-state index in [1.54, 1.807) is 6.07 Å². The molecule has 0 heterocycles. The molecule has 4 heteroatoms. The number of benzene rings is 2. The van der Waals surface area contributed by atoms with Crippen molar-refractivity contribution < 1.29 is 9.90 Å². The molecule has 2 aromatic rings. The summed E-state index contributed by atoms with van der Waals surface area (Å²) in [5.74, 6) is -0.153. The van der Waals surface area contributed by atoms with E-state index in [0.29, 0.717) is 18.4 Å². The number of hydrogen-bond donors (Lipinski definition) is 2. The third-order valence-electron chi connectivity index (χ3n) is 3.96. The first kappa shape index (κ1) is 16.0. The Morgan fingerprint density at radius 2 is 1.76 bits per heavy atom. The van der Waals surface area contributed by atoms with Gasteiger partial charge >= 0.3 is 0 Å². The number of rotatable bonds is 5. The van der Waals surface area contributed by atoms with Crippen LogP contribution in [-0.2, 0) is 0 Å². The predicted octanol–water partition coefficient (Wildman–Crippen LogP) is 3.88. The van der Waals surface area contributed by atoms with Crippen LogP contribution in [0.2, 0.25) is 0 Å². The molecule has 0 aliphatic carbocycles. The summed E-state index contributed by atoms with van der Waals surface area (Å²) in [6.07, 6.45) is 1.24. The third kappa shape index (κ3) is 3.83. The highest BCUT2D eigenvalue weighted by molar-refractivity contribution is 9.10. The van der Waals surface area contributed by atoms with Crippen LogP contribution >= 0.6 is 15.9 Å². The van der Waals surface area contributed by atoms with Crippen LogP contribution in [-0.4, -0.2) is 23.2 Å². The summed E-state index contributed by atoms with van der Waals surface area (Å²) in [4.78, 5) is 12.2. The van der Waals surface area contributed by atoms with E-state index in [-0.39, 0.29) is 12.5 Å². The van der Waals surface area contributed by atoms with E-state index >= 15 is 0 Å². The number of carbonyl (C=O) groups excluding carboxylic acids is 1. The molecule has 21 heavy (non-hydrogen) atoms. The third-order valence-corrected chi connectivity index (χ3v) is 4.45. The Hall–Kier alpha value is -1.39. The molecule has 0 spiro atoms. The van der Waals surface area contributed by atoms with E-state index in [2.05, 4.69) is 21.2 Å². The molecular weight excluding hydrogens is 330 g/mol. The van der Waals surface area contributed by atoms with E-state index < -0.39 is 5.60 Å². The monoisotopic (exact) mass is 349 g/mol. The fourth-order valence-corrected chi connectivity index (χ4v) is 2.58. The minimum atomic E-state index is -0.822. The first-order valence-corrected chi connectivity index (χ1v) is 7.96. The lowest BCUT2D eigenvalue weighted by molar-refractivity contribution is 0.0314. The van der Waals surface area contributed by atoms with E-state index in [4.69, 9.17) is 0 Å². The highest BCUT2D eigenvalue weighted by Gasteiger charge is 2.22. The van der Waals surface area contributed by atoms with Gasteiger partial charge in [0.05, 0.1) is 5.60 Å². The largest absolute Gasteiger partial charge is 0.388 e. The number of halogens is 1. The molecule has 0 bridgehead atoms. The smallest absolute Gasteiger partial charge is 0.251 e. The van der Waals surface area contributed by atoms with Crippen molar-refractivity contribution >= 4 is 32.6 Å². The van der Waals surface area contributed by atoms with Gasteiger partial charge in [-0.15, -0.1) is 0 Å². The Bertz CT molecular complexity index is 650. The summed E-state index contributed by atoms with van der Waals surface area (Å²) in [5, 5.41) is 15.1. The molecule has 0 aliphatic rings. The molecule has 0 unspecified atom stereocenters. The van der Waals surface area contributed by atoms with Gasteiger partial charge in [-0.1, -0.05) is 41.9 Å². The lowest BCUT2D eigenvalue weighted by atomic mass is 9.97. The van der Waals surface area contributed by atoms with Crippen molar-refractivity contribution in [3.8, 4) is 0 Å². The molecule has 0 fully saturated rings. The van der Waals surface area contributed by atoms with Gasteiger partial charge in [-0.05, 0) is 47.9 Å². The second kappa shape index (κ2) is 6.58. The molecule has 1 amide bonds. The Balaban J connectivity index is 2.14. The maximum absolute atomic E-state index is 12.2. The van der Waals surface area contributed by atoms with Gasteiger partial charge in [0, 0.05) is 16.6 Å². The highest BCUT2D eigenvalue weighted by Crippen LogP contribution is 2.21. The standard InChI is InChI=1S/C17H20BrNO2/c1-3-17(21,4-2)11-19-16(20)14-6-5-13-10-15(18)8-7-12(13)9-14/h5-10,21H,3-4,11H2,1-2H3,(H,19,20). The van der Waals surface area contributed by atoms with Crippen molar-refractivity contribution in [3.63, 3.8) is 0 Å². The number of nitrogens with one attached hydrogen (secondary N) is 1. The molecule has 0 aromatic heterocycles. The minimum Gasteiger partial charge on any atom is -0.388 e. The van der Waals surface area contributed by atoms with Crippen LogP contribution in [0.3, 0.4) is 0 Å². The normalized spacial score (nSPS) is 11.6. The molecule has 2 aromatic carbocycles. The predicted molar refractivity (Wildman–Crippen MR) is 89.5 cm³/mol. The lowest BCUT2D eigenvalue weighted by Crippen LogP contribution is -2.42. The first-order valence-electron chi connectivity index (χ1n) is 7.17. The van der Waals surface area contributed by atoms with Crippen molar-refractivity contribution in [1.29, 1.82) is 0 Å². The molecule has 112 valence electrons. The summed E-state index contributed by atoms with van der Waals surface area (Å²) in [6, 6.07) is 11.6. The second-order valence-corrected chi connectivity index (χ2v) is 6.24. The van der Waals surface area contributed by atoms with Crippen LogP contribution in [0.4, 0.5) is 0 Å². The number of hydrogen-bond acceptors (Lipinski definition) is 2. The van der Waals surface area contributed by atoms with Gasteiger partial charge in [0.1, 0.15) is 0 Å². The van der Waals surface area contributed by atoms with Crippen LogP contribution < -0.4 is 5.32 Å². The maximum atomic E-state index is 12.2. The Morgan fingerprint density at radius 3 is 2.43 bits per heavy atom. The summed E-state index contributed by atoms with van der Waals surface area (Å²) in [6.45, 7) is 4.12. The second-order valence-electron chi connectivity index (χ2n) is 5.32. The van der Waals surface area contributed by atoms with Gasteiger partial charge in [-0.25, -0.2) is 0 Å². The van der Waals surface area contributed by atoms with Crippen molar-refractivity contribution in [2.45, 2.75) is 32.3 Å². The van der Waals surface area contributed by atoms with E-state index in [1.165, 1.54) is 0 Å². The Kier molecular flexibility index (Phi) is 5.01. The van der Waals surface area contributed by atoms with Crippen LogP contribution in [0.25, 0.3) is 10.8 Å². The van der Waals surface area contributed by atoms with Gasteiger partial charge in [0.2, 0.25) is 0 Å². The van der Waals surface area contributed by atoms with Crippen molar-refractivity contribution in [3.05, 3.63) is 46.4 Å². The minimum absolute atomic E-state index is 0.153. The molecule has 2 N–H and O–H groups in total. The molecule has 0 saturated carbocycles. The average Bonchev–Trinajstić information content (AvgIpc) is 2.51. The van der Waals surface area contributed by atoms with Crippen molar-refractivity contribution in [2.75, 3.05) is 6.54 Å². The summed E-state index contributed by atoms with van der Waals surface area (Å²) >= 11 is 3.44. The number of amides is 1. The van der Waals surface area contributed by atoms with Gasteiger partial charge < -0.3 is 10.4 Å². The quantitative estimate of drug-likeness (QED) is 0.860. The summed E-state index contributed by atoms with van der Waals surface area (Å²) < 4.78 is 1.02. The number of fused-ring (bicyclic) bond motifs is 1. The molecule has 2 rings (SSSR count). The summed E-state index contributed by atoms with van der Waals surface area (Å²) in [7, 11) is 0. The van der Waals surface area contributed by atoms with Crippen LogP contribution in [0, 0.1) is 0 Å². The van der Waals surface area contributed by atoms with Crippen molar-refractivity contribution in [1.82, 2.24) is 5.32 Å². The average molecular weight is 350 g/mol.